The molecule has 0 fully saturated rings. The minimum atomic E-state index is -0.381. The van der Waals surface area contributed by atoms with Crippen molar-refractivity contribution in [3.8, 4) is 0 Å². The van der Waals surface area contributed by atoms with Crippen LogP contribution in [-0.2, 0) is 0 Å². The number of nitrogens with two attached hydrogens (primary N) is 1. The summed E-state index contributed by atoms with van der Waals surface area (Å²) in [5, 5.41) is 0. The number of halogens is 1. The molecule has 0 aliphatic carbocycles. The molecule has 0 amide bonds. The van der Waals surface area contributed by atoms with Gasteiger partial charge in [0.25, 0.3) is 0 Å². The molecule has 1 aromatic carbocycles. The van der Waals surface area contributed by atoms with E-state index in [0.29, 0.717) is 5.56 Å². The fraction of sp³-hybridized carbons (Fsp3) is 0.417. The lowest BCUT2D eigenvalue weighted by atomic mass is 9.99. The molecule has 2 nitrogen and oxygen atoms in total. The summed E-state index contributed by atoms with van der Waals surface area (Å²) in [6, 6.07) is 4.10. The highest BCUT2D eigenvalue weighted by molar-refractivity contribution is 5.97. The summed E-state index contributed by atoms with van der Waals surface area (Å²) in [6.45, 7) is 3.72. The molecule has 1 aromatic rings. The Balaban J connectivity index is 2.86. The van der Waals surface area contributed by atoms with E-state index in [1.54, 1.807) is 13.0 Å². The zero-order valence-electron chi connectivity index (χ0n) is 9.09. The van der Waals surface area contributed by atoms with Gasteiger partial charge in [0.2, 0.25) is 0 Å². The number of hydrogen-bond donors (Lipinski definition) is 1. The number of benzene rings is 1. The lowest BCUT2D eigenvalue weighted by Crippen LogP contribution is -2.23. The summed E-state index contributed by atoms with van der Waals surface area (Å²) in [5.74, 6) is -0.463. The van der Waals surface area contributed by atoms with Crippen molar-refractivity contribution >= 4 is 5.78 Å². The number of ketones is 1. The zero-order chi connectivity index (χ0) is 11.4. The molecule has 0 spiro atoms. The highest BCUT2D eigenvalue weighted by Gasteiger charge is 2.13. The first-order chi connectivity index (χ1) is 7.04. The molecule has 0 radical (unpaired) electrons. The van der Waals surface area contributed by atoms with E-state index in [4.69, 9.17) is 5.73 Å². The molecule has 1 unspecified atom stereocenters. The van der Waals surface area contributed by atoms with Gasteiger partial charge >= 0.3 is 0 Å². The van der Waals surface area contributed by atoms with Crippen LogP contribution in [0.4, 0.5) is 4.39 Å². The molecular formula is C12H16FNO. The summed E-state index contributed by atoms with van der Waals surface area (Å²) in [4.78, 5) is 11.7. The number of carbonyl (C=O) groups excluding carboxylic acids is 1. The Labute approximate surface area is 89.3 Å². The predicted octanol–water partition coefficient (Wildman–Crippen LogP) is 2.44. The van der Waals surface area contributed by atoms with Crippen LogP contribution in [0.3, 0.4) is 0 Å². The smallest absolute Gasteiger partial charge is 0.164 e. The molecule has 0 bridgehead atoms. The third-order valence-corrected chi connectivity index (χ3v) is 2.47. The van der Waals surface area contributed by atoms with Crippen molar-refractivity contribution < 1.29 is 9.18 Å². The maximum Gasteiger partial charge on any atom is 0.164 e. The van der Waals surface area contributed by atoms with Crippen molar-refractivity contribution in [3.05, 3.63) is 35.1 Å². The summed E-state index contributed by atoms with van der Waals surface area (Å²) in [5.41, 5.74) is 6.92. The van der Waals surface area contributed by atoms with Crippen molar-refractivity contribution in [3.63, 3.8) is 0 Å². The fourth-order valence-corrected chi connectivity index (χ4v) is 1.39. The molecule has 0 aromatic heterocycles. The van der Waals surface area contributed by atoms with Gasteiger partial charge in [-0.05, 0) is 31.0 Å². The monoisotopic (exact) mass is 209 g/mol. The highest BCUT2D eigenvalue weighted by atomic mass is 19.1. The first kappa shape index (κ1) is 11.9. The van der Waals surface area contributed by atoms with Crippen LogP contribution in [-0.4, -0.2) is 11.8 Å². The summed E-state index contributed by atoms with van der Waals surface area (Å²) >= 11 is 0. The average molecular weight is 209 g/mol. The van der Waals surface area contributed by atoms with Gasteiger partial charge in [0.1, 0.15) is 5.82 Å². The average Bonchev–Trinajstić information content (AvgIpc) is 2.21. The number of carbonyl (C=O) groups is 1. The van der Waals surface area contributed by atoms with Gasteiger partial charge in [-0.1, -0.05) is 13.0 Å². The van der Waals surface area contributed by atoms with Crippen LogP contribution in [0.2, 0.25) is 0 Å². The molecule has 2 N–H and O–H groups in total. The molecule has 82 valence electrons. The van der Waals surface area contributed by atoms with Crippen LogP contribution in [0.5, 0.6) is 0 Å². The molecule has 3 heteroatoms. The maximum atomic E-state index is 12.9. The number of hydrogen-bond acceptors (Lipinski definition) is 2. The minimum Gasteiger partial charge on any atom is -0.327 e. The standard InChI is InChI=1S/C12H16FNO/c1-3-10(14)7-12(15)11-6-9(13)5-4-8(11)2/h4-6,10H,3,7,14H2,1-2H3. The van der Waals surface area contributed by atoms with E-state index < -0.39 is 0 Å². The van der Waals surface area contributed by atoms with Gasteiger partial charge in [0.05, 0.1) is 0 Å². The van der Waals surface area contributed by atoms with Crippen molar-refractivity contribution in [1.29, 1.82) is 0 Å². The van der Waals surface area contributed by atoms with E-state index in [1.165, 1.54) is 12.1 Å². The molecule has 0 saturated heterocycles. The van der Waals surface area contributed by atoms with Gasteiger partial charge < -0.3 is 5.73 Å². The van der Waals surface area contributed by atoms with Gasteiger partial charge in [-0.15, -0.1) is 0 Å². The Morgan fingerprint density at radius 1 is 1.53 bits per heavy atom. The summed E-state index contributed by atoms with van der Waals surface area (Å²) in [6.07, 6.45) is 1.03. The van der Waals surface area contributed by atoms with Gasteiger partial charge in [0.15, 0.2) is 5.78 Å². The summed E-state index contributed by atoms with van der Waals surface area (Å²) < 4.78 is 12.9. The van der Waals surface area contributed by atoms with Gasteiger partial charge in [0, 0.05) is 18.0 Å². The second-order valence-electron chi connectivity index (χ2n) is 3.75. The van der Waals surface area contributed by atoms with Crippen LogP contribution in [0.15, 0.2) is 18.2 Å². The summed E-state index contributed by atoms with van der Waals surface area (Å²) in [7, 11) is 0. The number of aryl methyl sites for hydroxylation is 1. The Morgan fingerprint density at radius 3 is 2.80 bits per heavy atom. The van der Waals surface area contributed by atoms with Gasteiger partial charge in [-0.25, -0.2) is 4.39 Å². The molecule has 1 atom stereocenters. The molecule has 0 aliphatic heterocycles. The first-order valence-electron chi connectivity index (χ1n) is 5.09. The minimum absolute atomic E-state index is 0.0821. The molecule has 1 rings (SSSR count). The predicted molar refractivity (Wildman–Crippen MR) is 58.4 cm³/mol. The van der Waals surface area contributed by atoms with Crippen LogP contribution in [0.1, 0.15) is 35.7 Å². The van der Waals surface area contributed by atoms with E-state index in [0.717, 1.165) is 12.0 Å². The second kappa shape index (κ2) is 5.03. The van der Waals surface area contributed by atoms with Gasteiger partial charge in [-0.3, -0.25) is 4.79 Å². The van der Waals surface area contributed by atoms with Crippen LogP contribution >= 0.6 is 0 Å². The van der Waals surface area contributed by atoms with E-state index >= 15 is 0 Å². The number of Topliss-reactive ketones (excluding diaryl/α,β-unsaturated/α-hetero) is 1. The largest absolute Gasteiger partial charge is 0.327 e. The van der Waals surface area contributed by atoms with Crippen LogP contribution < -0.4 is 5.73 Å². The van der Waals surface area contributed by atoms with Crippen LogP contribution in [0, 0.1) is 12.7 Å². The Kier molecular flexibility index (Phi) is 3.97. The van der Waals surface area contributed by atoms with Crippen molar-refractivity contribution in [1.82, 2.24) is 0 Å². The fourth-order valence-electron chi connectivity index (χ4n) is 1.39. The molecule has 15 heavy (non-hydrogen) atoms. The lowest BCUT2D eigenvalue weighted by molar-refractivity contribution is 0.0973. The van der Waals surface area contributed by atoms with Gasteiger partial charge in [-0.2, -0.15) is 0 Å². The van der Waals surface area contributed by atoms with E-state index in [9.17, 15) is 9.18 Å². The Hall–Kier alpha value is -1.22. The lowest BCUT2D eigenvalue weighted by Gasteiger charge is -2.09. The van der Waals surface area contributed by atoms with E-state index in [1.807, 2.05) is 6.92 Å². The van der Waals surface area contributed by atoms with E-state index in [-0.39, 0.29) is 24.1 Å². The highest BCUT2D eigenvalue weighted by Crippen LogP contribution is 2.13. The maximum absolute atomic E-state index is 12.9. The van der Waals surface area contributed by atoms with Crippen molar-refractivity contribution in [2.45, 2.75) is 32.7 Å². The quantitative estimate of drug-likeness (QED) is 0.774. The number of rotatable bonds is 4. The van der Waals surface area contributed by atoms with Crippen LogP contribution in [0.25, 0.3) is 0 Å². The third kappa shape index (κ3) is 3.13. The molecule has 0 heterocycles. The molecule has 0 saturated carbocycles. The SMILES string of the molecule is CCC(N)CC(=O)c1cc(F)ccc1C. The van der Waals surface area contributed by atoms with E-state index in [2.05, 4.69) is 0 Å². The van der Waals surface area contributed by atoms with Crippen molar-refractivity contribution in [2.75, 3.05) is 0 Å². The molecular weight excluding hydrogens is 193 g/mol. The second-order valence-corrected chi connectivity index (χ2v) is 3.75. The first-order valence-corrected chi connectivity index (χ1v) is 5.09. The normalized spacial score (nSPS) is 12.5. The zero-order valence-corrected chi connectivity index (χ0v) is 9.09. The molecule has 0 aliphatic rings. The Morgan fingerprint density at radius 2 is 2.20 bits per heavy atom. The third-order valence-electron chi connectivity index (χ3n) is 2.47. The van der Waals surface area contributed by atoms with Crippen molar-refractivity contribution in [2.24, 2.45) is 5.73 Å². The Bertz CT molecular complexity index is 363. The topological polar surface area (TPSA) is 43.1 Å².